The Morgan fingerprint density at radius 3 is 2.28 bits per heavy atom. The molecule has 0 unspecified atom stereocenters. The van der Waals surface area contributed by atoms with Gasteiger partial charge in [-0.15, -0.1) is 0 Å². The Balaban J connectivity index is 1.66. The van der Waals surface area contributed by atoms with Crippen molar-refractivity contribution in [1.82, 2.24) is 9.21 Å². The molecule has 0 amide bonds. The average Bonchev–Trinajstić information content (AvgIpc) is 2.83. The number of nitrogens with zero attached hydrogens (tertiary/aromatic N) is 2. The fourth-order valence-electron chi connectivity index (χ4n) is 3.05. The molecule has 0 aromatic heterocycles. The van der Waals surface area contributed by atoms with Crippen LogP contribution >= 0.6 is 11.6 Å². The average molecular weight is 379 g/mol. The molecule has 0 atom stereocenters. The zero-order valence-corrected chi connectivity index (χ0v) is 15.9. The van der Waals surface area contributed by atoms with Gasteiger partial charge in [0.15, 0.2) is 0 Å². The van der Waals surface area contributed by atoms with Crippen molar-refractivity contribution in [3.05, 3.63) is 64.7 Å². The van der Waals surface area contributed by atoms with Gasteiger partial charge in [-0.3, -0.25) is 4.90 Å². The van der Waals surface area contributed by atoms with E-state index >= 15 is 0 Å². The van der Waals surface area contributed by atoms with E-state index in [2.05, 4.69) is 36.1 Å². The van der Waals surface area contributed by atoms with Crippen molar-refractivity contribution in [3.8, 4) is 0 Å². The molecule has 1 fully saturated rings. The third-order valence-electron chi connectivity index (χ3n) is 4.53. The van der Waals surface area contributed by atoms with Gasteiger partial charge in [0.1, 0.15) is 0 Å². The van der Waals surface area contributed by atoms with E-state index in [0.29, 0.717) is 23.0 Å². The van der Waals surface area contributed by atoms with Crippen LogP contribution in [0.2, 0.25) is 5.02 Å². The van der Waals surface area contributed by atoms with Crippen molar-refractivity contribution < 1.29 is 8.42 Å². The normalized spacial score (nSPS) is 17.4. The fraction of sp³-hybridized carbons (Fsp3) is 0.368. The molecule has 6 heteroatoms. The molecule has 4 nitrogen and oxygen atoms in total. The smallest absolute Gasteiger partial charge is 0.243 e. The molecule has 2 aromatic rings. The van der Waals surface area contributed by atoms with Gasteiger partial charge in [-0.25, -0.2) is 8.42 Å². The third-order valence-corrected chi connectivity index (χ3v) is 6.69. The Bertz CT molecular complexity index is 804. The summed E-state index contributed by atoms with van der Waals surface area (Å²) in [4.78, 5) is 2.63. The number of hydrogen-bond acceptors (Lipinski definition) is 3. The van der Waals surface area contributed by atoms with Crippen LogP contribution in [0.3, 0.4) is 0 Å². The summed E-state index contributed by atoms with van der Waals surface area (Å²) < 4.78 is 27.2. The maximum absolute atomic E-state index is 12.8. The maximum atomic E-state index is 12.8. The van der Waals surface area contributed by atoms with Crippen LogP contribution in [0.25, 0.3) is 0 Å². The number of sulfonamides is 1. The molecule has 0 saturated carbocycles. The van der Waals surface area contributed by atoms with Gasteiger partial charge in [0.2, 0.25) is 10.0 Å². The quantitative estimate of drug-likeness (QED) is 0.816. The lowest BCUT2D eigenvalue weighted by molar-refractivity contribution is 0.278. The van der Waals surface area contributed by atoms with Crippen LogP contribution in [-0.4, -0.2) is 43.8 Å². The molecule has 0 radical (unpaired) electrons. The van der Waals surface area contributed by atoms with Crippen molar-refractivity contribution in [1.29, 1.82) is 0 Å². The minimum absolute atomic E-state index is 0.309. The minimum Gasteiger partial charge on any atom is -0.298 e. The highest BCUT2D eigenvalue weighted by molar-refractivity contribution is 7.89. The molecule has 1 saturated heterocycles. The van der Waals surface area contributed by atoms with E-state index in [1.165, 1.54) is 11.1 Å². The van der Waals surface area contributed by atoms with Crippen molar-refractivity contribution in [2.45, 2.75) is 24.8 Å². The van der Waals surface area contributed by atoms with Crippen LogP contribution in [0.1, 0.15) is 17.5 Å². The number of rotatable bonds is 4. The van der Waals surface area contributed by atoms with E-state index in [1.807, 2.05) is 0 Å². The standard InChI is InChI=1S/C19H23ClN2O2S/c1-16-3-5-17(6-4-16)15-21-11-2-12-22(14-13-21)25(23,24)19-9-7-18(20)8-10-19/h3-10H,2,11-15H2,1H3. The van der Waals surface area contributed by atoms with Gasteiger partial charge in [0, 0.05) is 31.2 Å². The summed E-state index contributed by atoms with van der Waals surface area (Å²) in [6, 6.07) is 14.9. The van der Waals surface area contributed by atoms with Crippen molar-refractivity contribution in [3.63, 3.8) is 0 Å². The number of hydrogen-bond donors (Lipinski definition) is 0. The molecule has 0 spiro atoms. The minimum atomic E-state index is -3.46. The highest BCUT2D eigenvalue weighted by Crippen LogP contribution is 2.20. The molecule has 134 valence electrons. The molecule has 0 bridgehead atoms. The summed E-state index contributed by atoms with van der Waals surface area (Å²) in [6.07, 6.45) is 0.832. The summed E-state index contributed by atoms with van der Waals surface area (Å²) in [5.74, 6) is 0. The first-order valence-electron chi connectivity index (χ1n) is 8.49. The Kier molecular flexibility index (Phi) is 5.79. The first-order chi connectivity index (χ1) is 11.9. The molecule has 1 aliphatic rings. The van der Waals surface area contributed by atoms with Crippen LogP contribution < -0.4 is 0 Å². The SMILES string of the molecule is Cc1ccc(CN2CCCN(S(=O)(=O)c3ccc(Cl)cc3)CC2)cc1. The van der Waals surface area contributed by atoms with Gasteiger partial charge in [-0.1, -0.05) is 41.4 Å². The Hall–Kier alpha value is -1.40. The summed E-state index contributed by atoms with van der Waals surface area (Å²) in [6.45, 7) is 5.64. The van der Waals surface area contributed by atoms with Crippen LogP contribution in [0, 0.1) is 6.92 Å². The second-order valence-corrected chi connectivity index (χ2v) is 8.85. The molecule has 0 N–H and O–H groups in total. The zero-order valence-electron chi connectivity index (χ0n) is 14.4. The van der Waals surface area contributed by atoms with Crippen LogP contribution in [0.4, 0.5) is 0 Å². The van der Waals surface area contributed by atoms with Crippen LogP contribution in [0.15, 0.2) is 53.4 Å². The first kappa shape index (κ1) is 18.4. The predicted molar refractivity (Wildman–Crippen MR) is 101 cm³/mol. The second kappa shape index (κ2) is 7.87. The van der Waals surface area contributed by atoms with E-state index in [4.69, 9.17) is 11.6 Å². The molecular formula is C19H23ClN2O2S. The fourth-order valence-corrected chi connectivity index (χ4v) is 4.65. The first-order valence-corrected chi connectivity index (χ1v) is 10.3. The van der Waals surface area contributed by atoms with Gasteiger partial charge in [-0.05, 0) is 49.7 Å². The van der Waals surface area contributed by atoms with Crippen molar-refractivity contribution >= 4 is 21.6 Å². The highest BCUT2D eigenvalue weighted by Gasteiger charge is 2.26. The Morgan fingerprint density at radius 1 is 0.920 bits per heavy atom. The van der Waals surface area contributed by atoms with Crippen LogP contribution in [0.5, 0.6) is 0 Å². The van der Waals surface area contributed by atoms with Gasteiger partial charge in [0.25, 0.3) is 0 Å². The van der Waals surface area contributed by atoms with Gasteiger partial charge < -0.3 is 0 Å². The van der Waals surface area contributed by atoms with E-state index < -0.39 is 10.0 Å². The zero-order chi connectivity index (χ0) is 17.9. The van der Waals surface area contributed by atoms with Crippen molar-refractivity contribution in [2.24, 2.45) is 0 Å². The number of benzene rings is 2. The van der Waals surface area contributed by atoms with Crippen LogP contribution in [-0.2, 0) is 16.6 Å². The lowest BCUT2D eigenvalue weighted by Crippen LogP contribution is -2.35. The molecule has 1 heterocycles. The van der Waals surface area contributed by atoms with E-state index in [9.17, 15) is 8.42 Å². The number of aryl methyl sites for hydroxylation is 1. The highest BCUT2D eigenvalue weighted by atomic mass is 35.5. The molecular weight excluding hydrogens is 356 g/mol. The molecule has 1 aliphatic heterocycles. The van der Waals surface area contributed by atoms with Gasteiger partial charge in [-0.2, -0.15) is 4.31 Å². The van der Waals surface area contributed by atoms with E-state index in [1.54, 1.807) is 28.6 Å². The lowest BCUT2D eigenvalue weighted by atomic mass is 10.1. The molecule has 0 aliphatic carbocycles. The second-order valence-electron chi connectivity index (χ2n) is 6.47. The third kappa shape index (κ3) is 4.61. The molecule has 25 heavy (non-hydrogen) atoms. The van der Waals surface area contributed by atoms with E-state index in [0.717, 1.165) is 26.1 Å². The largest absolute Gasteiger partial charge is 0.298 e. The van der Waals surface area contributed by atoms with Gasteiger partial charge in [0.05, 0.1) is 4.90 Å². The van der Waals surface area contributed by atoms with E-state index in [-0.39, 0.29) is 0 Å². The topological polar surface area (TPSA) is 40.6 Å². The summed E-state index contributed by atoms with van der Waals surface area (Å²) in [7, 11) is -3.46. The monoisotopic (exact) mass is 378 g/mol. The summed E-state index contributed by atoms with van der Waals surface area (Å²) in [5, 5.41) is 0.541. The predicted octanol–water partition coefficient (Wildman–Crippen LogP) is 3.55. The Labute approximate surface area is 155 Å². The Morgan fingerprint density at radius 2 is 1.60 bits per heavy atom. The number of halogens is 1. The summed E-state index contributed by atoms with van der Waals surface area (Å²) in [5.41, 5.74) is 2.51. The maximum Gasteiger partial charge on any atom is 0.243 e. The summed E-state index contributed by atoms with van der Waals surface area (Å²) >= 11 is 5.86. The lowest BCUT2D eigenvalue weighted by Gasteiger charge is -2.22. The molecule has 2 aromatic carbocycles. The molecule has 3 rings (SSSR count). The van der Waals surface area contributed by atoms with Crippen molar-refractivity contribution in [2.75, 3.05) is 26.2 Å². The van der Waals surface area contributed by atoms with Gasteiger partial charge >= 0.3 is 0 Å².